The SMILES string of the molecule is CC(C)Oc1ccc(-c2noc(-c3ccc(S(=O)(=O)N(CCC(=O)OC(C)(C)C)CCC(=O)OC(C)(C)C)cc3)n2)cc1Cl.CC(C)Oc1ccc(-c2noc(-c3ccc(S(=O)(=O)NCCC(=O)OC(C)(C)C)cc3)n2)cc1Cl.CC(C)Oc1ccc(-c2noc(-c3ccc(S(N)(=O)=O)cc3)n2)cc1Cl. The van der Waals surface area contributed by atoms with Crippen LogP contribution in [0.4, 0.5) is 0 Å². The Morgan fingerprint density at radius 2 is 0.724 bits per heavy atom. The third-order valence-electron chi connectivity index (χ3n) is 13.5. The lowest BCUT2D eigenvalue weighted by Crippen LogP contribution is -2.36. The fourth-order valence-electron chi connectivity index (χ4n) is 9.16. The monoisotopic (exact) mass is 1560 g/mol. The Balaban J connectivity index is 0.000000227. The Kier molecular flexibility index (Phi) is 28.2. The molecule has 0 atom stereocenters. The zero-order valence-electron chi connectivity index (χ0n) is 60.5. The second-order valence-electron chi connectivity index (χ2n) is 27.1. The maximum absolute atomic E-state index is 13.6. The van der Waals surface area contributed by atoms with Gasteiger partial charge in [-0.2, -0.15) is 19.3 Å². The number of ether oxygens (including phenoxy) is 6. The van der Waals surface area contributed by atoms with Crippen molar-refractivity contribution in [3.05, 3.63) is 142 Å². The van der Waals surface area contributed by atoms with Gasteiger partial charge >= 0.3 is 17.9 Å². The Hall–Kier alpha value is -8.85. The summed E-state index contributed by atoms with van der Waals surface area (Å²) >= 11 is 18.9. The van der Waals surface area contributed by atoms with Crippen molar-refractivity contribution >= 4 is 82.8 Å². The van der Waals surface area contributed by atoms with E-state index in [0.29, 0.717) is 83.2 Å². The van der Waals surface area contributed by atoms with Crippen molar-refractivity contribution in [3.63, 3.8) is 0 Å². The predicted molar refractivity (Wildman–Crippen MR) is 395 cm³/mol. The summed E-state index contributed by atoms with van der Waals surface area (Å²) in [7, 11) is -11.7. The van der Waals surface area contributed by atoms with Crippen LogP contribution >= 0.6 is 34.8 Å². The third-order valence-corrected chi connectivity index (χ3v) is 18.7. The maximum atomic E-state index is 13.6. The molecule has 564 valence electrons. The highest BCUT2D eigenvalue weighted by molar-refractivity contribution is 7.89. The molecule has 3 N–H and O–H groups in total. The first-order valence-corrected chi connectivity index (χ1v) is 38.4. The second kappa shape index (κ2) is 35.5. The van der Waals surface area contributed by atoms with Crippen LogP contribution in [0.2, 0.25) is 15.1 Å². The molecule has 0 aliphatic heterocycles. The highest BCUT2D eigenvalue weighted by Gasteiger charge is 2.29. The standard InChI is InChI=1S/C31H40ClN3O8S.C24H28ClN3O6S.C17H16ClN3O4S/c1-20(2)40-25-14-11-22(19-24(25)32)28-33-29(43-34-28)21-9-12-23(13-10-21)44(38,39)35(17-15-26(36)41-30(3,4)5)18-16-27(37)42-31(6,7)8;1-15(2)32-20-11-8-17(14-19(20)25)22-27-23(34-28-22)16-6-9-18(10-7-16)35(30,31)26-13-12-21(29)33-24(3,4)5;1-10(2)24-15-8-5-12(9-14(15)18)16-20-17(25-21-16)11-3-6-13(7-4-11)26(19,22)23/h9-14,19-20H,15-18H2,1-8H3;6-11,14-15,26H,12-13H2,1-5H3;3-10H,1-2H3,(H2,19,22,23). The van der Waals surface area contributed by atoms with Crippen LogP contribution in [0.15, 0.2) is 156 Å². The zero-order valence-corrected chi connectivity index (χ0v) is 65.2. The molecule has 0 unspecified atom stereocenters. The maximum Gasteiger partial charge on any atom is 0.307 e. The summed E-state index contributed by atoms with van der Waals surface area (Å²) in [6.45, 7) is 26.6. The third kappa shape index (κ3) is 25.7. The van der Waals surface area contributed by atoms with E-state index in [9.17, 15) is 39.6 Å². The molecule has 0 saturated carbocycles. The molecule has 33 heteroatoms. The first kappa shape index (κ1) is 83.4. The van der Waals surface area contributed by atoms with Crippen LogP contribution in [-0.4, -0.2) is 133 Å². The lowest BCUT2D eigenvalue weighted by Gasteiger charge is -2.24. The minimum absolute atomic E-state index is 0.00788. The minimum Gasteiger partial charge on any atom is -0.489 e. The first-order chi connectivity index (χ1) is 48.9. The molecule has 0 aliphatic carbocycles. The highest BCUT2D eigenvalue weighted by Crippen LogP contribution is 2.35. The van der Waals surface area contributed by atoms with Crippen LogP contribution in [0.5, 0.6) is 17.2 Å². The number of benzene rings is 6. The second-order valence-corrected chi connectivity index (χ2v) is 33.6. The molecule has 9 aromatic rings. The van der Waals surface area contributed by atoms with E-state index in [4.69, 9.17) is 81.9 Å². The fourth-order valence-corrected chi connectivity index (χ4v) is 12.8. The largest absolute Gasteiger partial charge is 0.489 e. The minimum atomic E-state index is -4.11. The van der Waals surface area contributed by atoms with Gasteiger partial charge in [0, 0.05) is 53.0 Å². The van der Waals surface area contributed by atoms with E-state index < -0.39 is 64.8 Å². The van der Waals surface area contributed by atoms with Gasteiger partial charge in [-0.1, -0.05) is 50.3 Å². The molecule has 27 nitrogen and oxygen atoms in total. The van der Waals surface area contributed by atoms with Crippen LogP contribution in [0.25, 0.3) is 68.5 Å². The molecule has 105 heavy (non-hydrogen) atoms. The van der Waals surface area contributed by atoms with Gasteiger partial charge in [0.05, 0.1) is 67.3 Å². The van der Waals surface area contributed by atoms with Gasteiger partial charge in [-0.05, 0) is 231 Å². The molecule has 0 bridgehead atoms. The Morgan fingerprint density at radius 1 is 0.438 bits per heavy atom. The zero-order chi connectivity index (χ0) is 77.6. The summed E-state index contributed by atoms with van der Waals surface area (Å²) in [5.74, 6) is 1.72. The number of nitrogens with two attached hydrogens (primary N) is 1. The van der Waals surface area contributed by atoms with Crippen LogP contribution in [0.1, 0.15) is 123 Å². The van der Waals surface area contributed by atoms with Gasteiger partial charge in [-0.25, -0.2) is 35.1 Å². The lowest BCUT2D eigenvalue weighted by molar-refractivity contribution is -0.156. The summed E-state index contributed by atoms with van der Waals surface area (Å²) in [5, 5.41) is 18.3. The number of aromatic nitrogens is 6. The van der Waals surface area contributed by atoms with Gasteiger partial charge < -0.3 is 42.0 Å². The molecule has 3 aromatic heterocycles. The molecule has 0 saturated heterocycles. The lowest BCUT2D eigenvalue weighted by atomic mass is 10.2. The number of halogens is 3. The number of hydrogen-bond acceptors (Lipinski definition) is 24. The summed E-state index contributed by atoms with van der Waals surface area (Å²) < 4.78 is 127. The van der Waals surface area contributed by atoms with E-state index in [-0.39, 0.29) is 89.6 Å². The summed E-state index contributed by atoms with van der Waals surface area (Å²) in [6, 6.07) is 33.3. The predicted octanol–water partition coefficient (Wildman–Crippen LogP) is 14.6. The number of nitrogens with one attached hydrogen (secondary N) is 1. The molecule has 0 amide bonds. The average molecular weight is 1570 g/mol. The molecule has 6 aromatic carbocycles. The van der Waals surface area contributed by atoms with E-state index in [2.05, 4.69) is 35.1 Å². The smallest absolute Gasteiger partial charge is 0.307 e. The van der Waals surface area contributed by atoms with Crippen molar-refractivity contribution in [1.29, 1.82) is 0 Å². The quantitative estimate of drug-likeness (QED) is 0.0375. The number of rotatable bonds is 26. The highest BCUT2D eigenvalue weighted by atomic mass is 35.5. The van der Waals surface area contributed by atoms with Gasteiger partial charge in [0.15, 0.2) is 0 Å². The van der Waals surface area contributed by atoms with Crippen molar-refractivity contribution in [2.45, 2.75) is 173 Å². The molecule has 0 aliphatic rings. The Morgan fingerprint density at radius 3 is 1.01 bits per heavy atom. The van der Waals surface area contributed by atoms with E-state index in [1.165, 1.54) is 48.5 Å². The van der Waals surface area contributed by atoms with Crippen LogP contribution < -0.4 is 24.1 Å². The van der Waals surface area contributed by atoms with Crippen LogP contribution in [0, 0.1) is 0 Å². The van der Waals surface area contributed by atoms with Crippen LogP contribution in [-0.2, 0) is 58.7 Å². The number of sulfonamides is 3. The number of nitrogens with zero attached hydrogens (tertiary/aromatic N) is 7. The van der Waals surface area contributed by atoms with Crippen molar-refractivity contribution in [1.82, 2.24) is 39.4 Å². The average Bonchev–Trinajstić information content (AvgIpc) is 1.81. The molecule has 0 spiro atoms. The van der Waals surface area contributed by atoms with Crippen molar-refractivity contribution < 1.29 is 81.6 Å². The molecule has 0 fully saturated rings. The van der Waals surface area contributed by atoms with Gasteiger partial charge in [-0.3, -0.25) is 14.4 Å². The Bertz CT molecular complexity index is 4790. The van der Waals surface area contributed by atoms with Gasteiger partial charge in [-0.15, -0.1) is 0 Å². The molecular formula is C72H84Cl3N9O18S3. The summed E-state index contributed by atoms with van der Waals surface area (Å²) in [6.07, 6.45) is -0.500. The fraction of sp³-hybridized carbons (Fsp3) is 0.375. The summed E-state index contributed by atoms with van der Waals surface area (Å²) in [5.41, 5.74) is 1.46. The first-order valence-electron chi connectivity index (χ1n) is 32.8. The number of esters is 3. The molecular weight excluding hydrogens is 1480 g/mol. The molecule has 3 heterocycles. The summed E-state index contributed by atoms with van der Waals surface area (Å²) in [4.78, 5) is 49.6. The van der Waals surface area contributed by atoms with Crippen molar-refractivity contribution in [3.8, 4) is 85.8 Å². The van der Waals surface area contributed by atoms with E-state index in [1.807, 2.05) is 41.5 Å². The van der Waals surface area contributed by atoms with Gasteiger partial charge in [0.25, 0.3) is 17.7 Å². The van der Waals surface area contributed by atoms with E-state index >= 15 is 0 Å². The van der Waals surface area contributed by atoms with Gasteiger partial charge in [0.1, 0.15) is 34.1 Å². The Labute approximate surface area is 625 Å². The molecule has 9 rings (SSSR count). The van der Waals surface area contributed by atoms with Crippen LogP contribution in [0.3, 0.4) is 0 Å². The van der Waals surface area contributed by atoms with E-state index in [0.717, 1.165) is 4.31 Å². The number of hydrogen-bond donors (Lipinski definition) is 2. The topological polar surface area (TPSA) is 367 Å². The number of primary sulfonamides is 1. The molecule has 0 radical (unpaired) electrons. The van der Waals surface area contributed by atoms with Crippen molar-refractivity contribution in [2.75, 3.05) is 19.6 Å². The van der Waals surface area contributed by atoms with Crippen molar-refractivity contribution in [2.24, 2.45) is 5.14 Å². The van der Waals surface area contributed by atoms with Gasteiger partial charge in [0.2, 0.25) is 47.5 Å². The van der Waals surface area contributed by atoms with E-state index in [1.54, 1.807) is 141 Å². The number of carbonyl (C=O) groups is 3. The number of carbonyl (C=O) groups excluding carboxylic acids is 3. The normalized spacial score (nSPS) is 12.1.